The molecular weight excluding hydrogens is 454 g/mol. The Morgan fingerprint density at radius 3 is 2.47 bits per heavy atom. The molecule has 0 saturated heterocycles. The summed E-state index contributed by atoms with van der Waals surface area (Å²) in [5, 5.41) is 6.34. The molecular formula is C25H29N3O5S. The zero-order valence-corrected chi connectivity index (χ0v) is 20.0. The molecule has 3 N–H and O–H groups in total. The highest BCUT2D eigenvalue weighted by Gasteiger charge is 2.28. The fraction of sp³-hybridized carbons (Fsp3) is 0.320. The van der Waals surface area contributed by atoms with E-state index in [0.717, 1.165) is 22.0 Å². The maximum absolute atomic E-state index is 13.1. The molecule has 0 unspecified atom stereocenters. The number of hydrogen-bond donors (Lipinski definition) is 3. The molecule has 0 aliphatic rings. The van der Waals surface area contributed by atoms with Crippen LogP contribution in [0.2, 0.25) is 0 Å². The number of nitrogens with one attached hydrogen (secondary N) is 3. The van der Waals surface area contributed by atoms with Gasteiger partial charge in [0.25, 0.3) is 0 Å². The summed E-state index contributed by atoms with van der Waals surface area (Å²) in [7, 11) is 1.28. The number of hydrogen-bond acceptors (Lipinski definition) is 6. The fourth-order valence-corrected chi connectivity index (χ4v) is 4.01. The second-order valence-corrected chi connectivity index (χ2v) is 8.67. The van der Waals surface area contributed by atoms with Crippen molar-refractivity contribution in [2.75, 3.05) is 19.1 Å². The average molecular weight is 484 g/mol. The summed E-state index contributed by atoms with van der Waals surface area (Å²) in [6.07, 6.45) is 3.66. The minimum Gasteiger partial charge on any atom is -0.467 e. The number of methoxy groups -OCH3 is 1. The summed E-state index contributed by atoms with van der Waals surface area (Å²) in [5.41, 5.74) is 2.66. The number of esters is 1. The van der Waals surface area contributed by atoms with Crippen LogP contribution in [0.5, 0.6) is 0 Å². The number of ether oxygens (including phenoxy) is 2. The molecule has 0 aliphatic carbocycles. The lowest BCUT2D eigenvalue weighted by Crippen LogP contribution is -2.52. The smallest absolute Gasteiger partial charge is 0.408 e. The lowest BCUT2D eigenvalue weighted by molar-refractivity contribution is -0.145. The van der Waals surface area contributed by atoms with E-state index in [9.17, 15) is 14.4 Å². The van der Waals surface area contributed by atoms with Crippen molar-refractivity contribution in [2.45, 2.75) is 31.5 Å². The zero-order valence-electron chi connectivity index (χ0n) is 19.2. The summed E-state index contributed by atoms with van der Waals surface area (Å²) in [6, 6.07) is 15.2. The van der Waals surface area contributed by atoms with Crippen LogP contribution in [0.4, 0.5) is 4.79 Å². The fourth-order valence-electron chi connectivity index (χ4n) is 3.54. The van der Waals surface area contributed by atoms with Gasteiger partial charge in [0.1, 0.15) is 18.7 Å². The van der Waals surface area contributed by atoms with Crippen molar-refractivity contribution >= 4 is 40.6 Å². The van der Waals surface area contributed by atoms with Crippen molar-refractivity contribution in [3.05, 3.63) is 71.9 Å². The van der Waals surface area contributed by atoms with Gasteiger partial charge in [-0.1, -0.05) is 48.5 Å². The van der Waals surface area contributed by atoms with E-state index < -0.39 is 30.1 Å². The van der Waals surface area contributed by atoms with Gasteiger partial charge in [0, 0.05) is 23.5 Å². The topological polar surface area (TPSA) is 110 Å². The molecule has 0 saturated carbocycles. The molecule has 8 nitrogen and oxygen atoms in total. The van der Waals surface area contributed by atoms with Crippen LogP contribution in [0.25, 0.3) is 10.9 Å². The average Bonchev–Trinajstić information content (AvgIpc) is 3.27. The second-order valence-electron chi connectivity index (χ2n) is 7.69. The van der Waals surface area contributed by atoms with E-state index in [1.54, 1.807) is 11.8 Å². The monoisotopic (exact) mass is 483 g/mol. The Morgan fingerprint density at radius 1 is 1.00 bits per heavy atom. The highest BCUT2D eigenvalue weighted by Crippen LogP contribution is 2.19. The van der Waals surface area contributed by atoms with E-state index in [0.29, 0.717) is 12.2 Å². The van der Waals surface area contributed by atoms with E-state index in [1.165, 1.54) is 7.11 Å². The highest BCUT2D eigenvalue weighted by atomic mass is 32.2. The van der Waals surface area contributed by atoms with E-state index in [2.05, 4.69) is 15.6 Å². The zero-order chi connectivity index (χ0) is 24.3. The van der Waals surface area contributed by atoms with Crippen LogP contribution in [0.3, 0.4) is 0 Å². The van der Waals surface area contributed by atoms with Crippen molar-refractivity contribution in [2.24, 2.45) is 0 Å². The molecule has 0 spiro atoms. The van der Waals surface area contributed by atoms with Crippen molar-refractivity contribution in [1.29, 1.82) is 0 Å². The van der Waals surface area contributed by atoms with E-state index in [1.807, 2.05) is 67.0 Å². The normalized spacial score (nSPS) is 12.5. The molecule has 0 radical (unpaired) electrons. The Kier molecular flexibility index (Phi) is 9.40. The first-order valence-electron chi connectivity index (χ1n) is 10.9. The molecule has 0 bridgehead atoms. The number of H-pyrrole nitrogens is 1. The van der Waals surface area contributed by atoms with Gasteiger partial charge in [-0.2, -0.15) is 11.8 Å². The minimum absolute atomic E-state index is 0.0922. The standard InChI is InChI=1S/C25H29N3O5S/c1-32-24(30)22(14-18-15-26-20-11-7-6-10-19(18)20)27-23(29)21(12-13-34-2)28-25(31)33-16-17-8-4-3-5-9-17/h3-11,15,21-22,26H,12-14,16H2,1-2H3,(H,27,29)(H,28,31)/t21-,22-/m1/s1. The summed E-state index contributed by atoms with van der Waals surface area (Å²) < 4.78 is 10.2. The SMILES string of the molecule is COC(=O)[C@@H](Cc1c[nH]c2ccccc12)NC(=O)[C@@H](CCSC)NC(=O)OCc1ccccc1. The van der Waals surface area contributed by atoms with Gasteiger partial charge in [0.15, 0.2) is 0 Å². The molecule has 2 atom stereocenters. The van der Waals surface area contributed by atoms with Crippen molar-refractivity contribution in [3.8, 4) is 0 Å². The van der Waals surface area contributed by atoms with Gasteiger partial charge < -0.3 is 25.1 Å². The third-order valence-electron chi connectivity index (χ3n) is 5.33. The van der Waals surface area contributed by atoms with E-state index in [4.69, 9.17) is 9.47 Å². The second kappa shape index (κ2) is 12.7. The van der Waals surface area contributed by atoms with Gasteiger partial charge in [-0.3, -0.25) is 4.79 Å². The Labute approximate surface area is 202 Å². The molecule has 2 aromatic carbocycles. The number of benzene rings is 2. The number of amides is 2. The molecule has 9 heteroatoms. The van der Waals surface area contributed by atoms with Crippen LogP contribution in [0.1, 0.15) is 17.5 Å². The number of rotatable bonds is 11. The largest absolute Gasteiger partial charge is 0.467 e. The highest BCUT2D eigenvalue weighted by molar-refractivity contribution is 7.98. The van der Waals surface area contributed by atoms with Crippen molar-refractivity contribution in [3.63, 3.8) is 0 Å². The maximum Gasteiger partial charge on any atom is 0.408 e. The van der Waals surface area contributed by atoms with Crippen molar-refractivity contribution in [1.82, 2.24) is 15.6 Å². The molecule has 2 amide bonds. The predicted octanol–water partition coefficient (Wildman–Crippen LogP) is 3.42. The van der Waals surface area contributed by atoms with Gasteiger partial charge in [-0.15, -0.1) is 0 Å². The Balaban J connectivity index is 1.66. The van der Waals surface area contributed by atoms with Gasteiger partial charge in [0.2, 0.25) is 5.91 Å². The summed E-state index contributed by atoms with van der Waals surface area (Å²) in [5.74, 6) is -0.391. The third kappa shape index (κ3) is 7.02. The first-order chi connectivity index (χ1) is 16.5. The van der Waals surface area contributed by atoms with Crippen LogP contribution < -0.4 is 10.6 Å². The molecule has 0 fully saturated rings. The summed E-state index contributed by atoms with van der Waals surface area (Å²) >= 11 is 1.55. The first-order valence-corrected chi connectivity index (χ1v) is 12.3. The molecule has 1 aromatic heterocycles. The lowest BCUT2D eigenvalue weighted by atomic mass is 10.0. The van der Waals surface area contributed by atoms with Crippen LogP contribution >= 0.6 is 11.8 Å². The first kappa shape index (κ1) is 25.2. The van der Waals surface area contributed by atoms with E-state index >= 15 is 0 Å². The van der Waals surface area contributed by atoms with Crippen LogP contribution in [0.15, 0.2) is 60.8 Å². The van der Waals surface area contributed by atoms with Crippen LogP contribution in [-0.4, -0.2) is 54.2 Å². The number of alkyl carbamates (subject to hydrolysis) is 1. The van der Waals surface area contributed by atoms with Crippen LogP contribution in [-0.2, 0) is 32.1 Å². The number of carbonyl (C=O) groups excluding carboxylic acids is 3. The van der Waals surface area contributed by atoms with Crippen molar-refractivity contribution < 1.29 is 23.9 Å². The maximum atomic E-state index is 13.1. The third-order valence-corrected chi connectivity index (χ3v) is 5.98. The quantitative estimate of drug-likeness (QED) is 0.361. The Hall–Kier alpha value is -3.46. The number of aromatic amines is 1. The Morgan fingerprint density at radius 2 is 1.74 bits per heavy atom. The molecule has 34 heavy (non-hydrogen) atoms. The molecule has 1 heterocycles. The summed E-state index contributed by atoms with van der Waals surface area (Å²) in [6.45, 7) is 0.0922. The van der Waals surface area contributed by atoms with Crippen LogP contribution in [0, 0.1) is 0 Å². The van der Waals surface area contributed by atoms with Gasteiger partial charge in [-0.25, -0.2) is 9.59 Å². The van der Waals surface area contributed by atoms with E-state index in [-0.39, 0.29) is 13.0 Å². The molecule has 180 valence electrons. The van der Waals surface area contributed by atoms with Gasteiger partial charge in [-0.05, 0) is 35.6 Å². The van der Waals surface area contributed by atoms with Gasteiger partial charge >= 0.3 is 12.1 Å². The Bertz CT molecular complexity index is 1100. The molecule has 3 aromatic rings. The molecule has 0 aliphatic heterocycles. The molecule has 3 rings (SSSR count). The number of thioether (sulfide) groups is 1. The number of aromatic nitrogens is 1. The number of carbonyl (C=O) groups is 3. The minimum atomic E-state index is -0.907. The summed E-state index contributed by atoms with van der Waals surface area (Å²) in [4.78, 5) is 41.1. The predicted molar refractivity (Wildman–Crippen MR) is 132 cm³/mol. The number of para-hydroxylation sites is 1. The number of fused-ring (bicyclic) bond motifs is 1. The lowest BCUT2D eigenvalue weighted by Gasteiger charge is -2.22. The van der Waals surface area contributed by atoms with Gasteiger partial charge in [0.05, 0.1) is 7.11 Å².